The lowest BCUT2D eigenvalue weighted by molar-refractivity contribution is 0.245. The maximum atomic E-state index is 6.05. The predicted octanol–water partition coefficient (Wildman–Crippen LogP) is 3.27. The van der Waals surface area contributed by atoms with Crippen LogP contribution in [0.15, 0.2) is 24.3 Å². The fourth-order valence-corrected chi connectivity index (χ4v) is 3.56. The minimum atomic E-state index is 0.706. The molecule has 0 radical (unpaired) electrons. The second-order valence-corrected chi connectivity index (χ2v) is 6.54. The maximum Gasteiger partial charge on any atom is 0.0408 e. The van der Waals surface area contributed by atoms with Crippen LogP contribution < -0.4 is 5.32 Å². The Morgan fingerprint density at radius 1 is 1.37 bits per heavy atom. The highest BCUT2D eigenvalue weighted by Crippen LogP contribution is 2.37. The van der Waals surface area contributed by atoms with Gasteiger partial charge in [-0.3, -0.25) is 0 Å². The minimum absolute atomic E-state index is 0.706. The van der Waals surface area contributed by atoms with Crippen LogP contribution in [-0.4, -0.2) is 37.1 Å². The first kappa shape index (κ1) is 13.4. The van der Waals surface area contributed by atoms with Crippen molar-refractivity contribution >= 4 is 11.6 Å². The molecule has 1 unspecified atom stereocenters. The fraction of sp³-hybridized carbons (Fsp3) is 0.625. The SMILES string of the molecule is CN1CCCC1CNC1CC(c2cccc(Cl)c2)C1. The summed E-state index contributed by atoms with van der Waals surface area (Å²) in [6.07, 6.45) is 5.24. The summed E-state index contributed by atoms with van der Waals surface area (Å²) in [7, 11) is 2.24. The van der Waals surface area contributed by atoms with E-state index < -0.39 is 0 Å². The summed E-state index contributed by atoms with van der Waals surface area (Å²) in [6.45, 7) is 2.42. The van der Waals surface area contributed by atoms with Gasteiger partial charge in [-0.15, -0.1) is 0 Å². The topological polar surface area (TPSA) is 15.3 Å². The zero-order valence-corrected chi connectivity index (χ0v) is 12.4. The third-order valence-corrected chi connectivity index (χ3v) is 5.01. The number of benzene rings is 1. The number of hydrogen-bond donors (Lipinski definition) is 1. The van der Waals surface area contributed by atoms with Crippen molar-refractivity contribution in [1.82, 2.24) is 10.2 Å². The number of nitrogens with one attached hydrogen (secondary N) is 1. The molecule has 1 aromatic carbocycles. The first-order valence-electron chi connectivity index (χ1n) is 7.41. The van der Waals surface area contributed by atoms with Crippen LogP contribution in [0.3, 0.4) is 0 Å². The second-order valence-electron chi connectivity index (χ2n) is 6.11. The molecule has 1 aromatic rings. The number of hydrogen-bond acceptors (Lipinski definition) is 2. The van der Waals surface area contributed by atoms with Crippen molar-refractivity contribution in [1.29, 1.82) is 0 Å². The van der Waals surface area contributed by atoms with Crippen molar-refractivity contribution in [2.24, 2.45) is 0 Å². The molecule has 1 saturated carbocycles. The largest absolute Gasteiger partial charge is 0.312 e. The number of nitrogens with zero attached hydrogens (tertiary/aromatic N) is 1. The Morgan fingerprint density at radius 3 is 2.89 bits per heavy atom. The summed E-state index contributed by atoms with van der Waals surface area (Å²) < 4.78 is 0. The Balaban J connectivity index is 1.43. The van der Waals surface area contributed by atoms with Crippen molar-refractivity contribution in [3.63, 3.8) is 0 Å². The van der Waals surface area contributed by atoms with Crippen molar-refractivity contribution in [3.8, 4) is 0 Å². The van der Waals surface area contributed by atoms with Crippen LogP contribution in [0.2, 0.25) is 5.02 Å². The molecule has 1 saturated heterocycles. The molecule has 2 nitrogen and oxygen atoms in total. The van der Waals surface area contributed by atoms with E-state index in [1.165, 1.54) is 37.8 Å². The summed E-state index contributed by atoms with van der Waals surface area (Å²) >= 11 is 6.05. The maximum absolute atomic E-state index is 6.05. The Hall–Kier alpha value is -0.570. The minimum Gasteiger partial charge on any atom is -0.312 e. The molecule has 0 spiro atoms. The molecule has 2 fully saturated rings. The highest BCUT2D eigenvalue weighted by atomic mass is 35.5. The number of likely N-dealkylation sites (tertiary alicyclic amines) is 1. The van der Waals surface area contributed by atoms with E-state index in [2.05, 4.69) is 35.5 Å². The van der Waals surface area contributed by atoms with Crippen LogP contribution in [0, 0.1) is 0 Å². The lowest BCUT2D eigenvalue weighted by Gasteiger charge is -2.37. The Labute approximate surface area is 121 Å². The average Bonchev–Trinajstić information content (AvgIpc) is 2.73. The molecular formula is C16H23ClN2. The molecule has 2 aliphatic rings. The van der Waals surface area contributed by atoms with Gasteiger partial charge in [-0.2, -0.15) is 0 Å². The smallest absolute Gasteiger partial charge is 0.0408 e. The monoisotopic (exact) mass is 278 g/mol. The lowest BCUT2D eigenvalue weighted by atomic mass is 9.76. The highest BCUT2D eigenvalue weighted by Gasteiger charge is 2.31. The van der Waals surface area contributed by atoms with Gasteiger partial charge < -0.3 is 10.2 Å². The van der Waals surface area contributed by atoms with Gasteiger partial charge in [0.25, 0.3) is 0 Å². The summed E-state index contributed by atoms with van der Waals surface area (Å²) in [4.78, 5) is 2.49. The van der Waals surface area contributed by atoms with Crippen LogP contribution in [0.4, 0.5) is 0 Å². The van der Waals surface area contributed by atoms with Crippen molar-refractivity contribution in [2.45, 2.75) is 43.7 Å². The number of rotatable bonds is 4. The number of halogens is 1. The molecule has 1 heterocycles. The van der Waals surface area contributed by atoms with E-state index in [4.69, 9.17) is 11.6 Å². The molecule has 3 rings (SSSR count). The fourth-order valence-electron chi connectivity index (χ4n) is 3.36. The summed E-state index contributed by atoms with van der Waals surface area (Å²) in [5, 5.41) is 4.59. The van der Waals surface area contributed by atoms with Gasteiger partial charge >= 0.3 is 0 Å². The third kappa shape index (κ3) is 3.13. The van der Waals surface area contributed by atoms with E-state index in [0.717, 1.165) is 17.6 Å². The molecule has 0 amide bonds. The van der Waals surface area contributed by atoms with Gasteiger partial charge in [0.05, 0.1) is 0 Å². The number of likely N-dealkylation sites (N-methyl/N-ethyl adjacent to an activating group) is 1. The van der Waals surface area contributed by atoms with Gasteiger partial charge in [-0.05, 0) is 62.9 Å². The molecule has 0 bridgehead atoms. The van der Waals surface area contributed by atoms with Gasteiger partial charge in [0, 0.05) is 23.7 Å². The van der Waals surface area contributed by atoms with Crippen molar-refractivity contribution in [2.75, 3.05) is 20.1 Å². The summed E-state index contributed by atoms with van der Waals surface area (Å²) in [6, 6.07) is 9.80. The molecular weight excluding hydrogens is 256 g/mol. The molecule has 104 valence electrons. The standard InChI is InChI=1S/C16H23ClN2/c1-19-7-3-6-16(19)11-18-15-9-13(10-15)12-4-2-5-14(17)8-12/h2,4-5,8,13,15-16,18H,3,6-7,9-11H2,1H3. The van der Waals surface area contributed by atoms with E-state index in [1.807, 2.05) is 6.07 Å². The van der Waals surface area contributed by atoms with Gasteiger partial charge in [0.1, 0.15) is 0 Å². The summed E-state index contributed by atoms with van der Waals surface area (Å²) in [5.74, 6) is 0.706. The average molecular weight is 279 g/mol. The summed E-state index contributed by atoms with van der Waals surface area (Å²) in [5.41, 5.74) is 1.41. The van der Waals surface area contributed by atoms with E-state index >= 15 is 0 Å². The molecule has 3 heteroatoms. The van der Waals surface area contributed by atoms with Gasteiger partial charge in [-0.25, -0.2) is 0 Å². The van der Waals surface area contributed by atoms with Crippen LogP contribution in [0.5, 0.6) is 0 Å². The van der Waals surface area contributed by atoms with Crippen molar-refractivity contribution in [3.05, 3.63) is 34.9 Å². The van der Waals surface area contributed by atoms with Gasteiger partial charge in [0.15, 0.2) is 0 Å². The van der Waals surface area contributed by atoms with E-state index in [0.29, 0.717) is 12.0 Å². The Bertz CT molecular complexity index is 429. The van der Waals surface area contributed by atoms with Crippen LogP contribution >= 0.6 is 11.6 Å². The van der Waals surface area contributed by atoms with Crippen LogP contribution in [0.1, 0.15) is 37.2 Å². The third-order valence-electron chi connectivity index (χ3n) is 4.77. The Kier molecular flexibility index (Phi) is 4.11. The second kappa shape index (κ2) is 5.82. The van der Waals surface area contributed by atoms with Gasteiger partial charge in [0.2, 0.25) is 0 Å². The van der Waals surface area contributed by atoms with E-state index in [-0.39, 0.29) is 0 Å². The predicted molar refractivity (Wildman–Crippen MR) is 80.9 cm³/mol. The molecule has 1 N–H and O–H groups in total. The quantitative estimate of drug-likeness (QED) is 0.909. The normalized spacial score (nSPS) is 31.4. The van der Waals surface area contributed by atoms with Crippen molar-refractivity contribution < 1.29 is 0 Å². The zero-order chi connectivity index (χ0) is 13.2. The molecule has 1 atom stereocenters. The first-order chi connectivity index (χ1) is 9.22. The molecule has 1 aliphatic carbocycles. The highest BCUT2D eigenvalue weighted by molar-refractivity contribution is 6.30. The molecule has 1 aliphatic heterocycles. The van der Waals surface area contributed by atoms with E-state index in [9.17, 15) is 0 Å². The van der Waals surface area contributed by atoms with E-state index in [1.54, 1.807) is 0 Å². The van der Waals surface area contributed by atoms with Crippen LogP contribution in [0.25, 0.3) is 0 Å². The zero-order valence-electron chi connectivity index (χ0n) is 11.6. The van der Waals surface area contributed by atoms with Gasteiger partial charge in [-0.1, -0.05) is 23.7 Å². The lowest BCUT2D eigenvalue weighted by Crippen LogP contribution is -2.45. The van der Waals surface area contributed by atoms with Crippen LogP contribution in [-0.2, 0) is 0 Å². The Morgan fingerprint density at radius 2 is 2.21 bits per heavy atom. The molecule has 19 heavy (non-hydrogen) atoms. The first-order valence-corrected chi connectivity index (χ1v) is 7.79. The molecule has 0 aromatic heterocycles.